The molecule has 0 aliphatic carbocycles. The third-order valence-corrected chi connectivity index (χ3v) is 3.30. The summed E-state index contributed by atoms with van der Waals surface area (Å²) < 4.78 is 5.09. The number of esters is 1. The van der Waals surface area contributed by atoms with Crippen LogP contribution < -0.4 is 5.73 Å². The second kappa shape index (κ2) is 8.48. The summed E-state index contributed by atoms with van der Waals surface area (Å²) in [4.78, 5) is 14.0. The monoisotopic (exact) mass is 242 g/mol. The Morgan fingerprint density at radius 2 is 2.24 bits per heavy atom. The first-order chi connectivity index (χ1) is 8.27. The molecule has 1 heterocycles. The minimum atomic E-state index is -0.0147. The second-order valence-electron chi connectivity index (χ2n) is 4.74. The van der Waals surface area contributed by atoms with Crippen LogP contribution in [0.25, 0.3) is 0 Å². The fraction of sp³-hybridized carbons (Fsp3) is 0.923. The number of likely N-dealkylation sites (tertiary alicyclic amines) is 1. The van der Waals surface area contributed by atoms with Crippen molar-refractivity contribution in [3.05, 3.63) is 0 Å². The molecule has 0 radical (unpaired) electrons. The molecule has 0 aromatic heterocycles. The van der Waals surface area contributed by atoms with Gasteiger partial charge in [0.1, 0.15) is 0 Å². The van der Waals surface area contributed by atoms with Crippen LogP contribution in [0.5, 0.6) is 0 Å². The van der Waals surface area contributed by atoms with Crippen molar-refractivity contribution >= 4 is 5.97 Å². The maximum Gasteiger partial charge on any atom is 0.310 e. The summed E-state index contributed by atoms with van der Waals surface area (Å²) in [7, 11) is 0. The maximum absolute atomic E-state index is 11.7. The molecule has 17 heavy (non-hydrogen) atoms. The Balaban J connectivity index is 2.21. The summed E-state index contributed by atoms with van der Waals surface area (Å²) in [6.07, 6.45) is 5.58. The lowest BCUT2D eigenvalue weighted by Crippen LogP contribution is -2.39. The molecule has 4 nitrogen and oxygen atoms in total. The van der Waals surface area contributed by atoms with E-state index in [1.54, 1.807) is 0 Å². The van der Waals surface area contributed by atoms with Crippen LogP contribution in [0.4, 0.5) is 0 Å². The Bertz CT molecular complexity index is 221. The standard InChI is InChI=1S/C13H26N2O2/c1-2-17-13(16)12-7-6-10-15(11-12)9-5-3-4-8-14/h12H,2-11,14H2,1H3. The highest BCUT2D eigenvalue weighted by molar-refractivity contribution is 5.72. The number of unbranched alkanes of at least 4 members (excludes halogenated alkanes) is 2. The molecule has 0 bridgehead atoms. The molecule has 0 aromatic rings. The van der Waals surface area contributed by atoms with Gasteiger partial charge in [-0.3, -0.25) is 4.79 Å². The molecule has 1 rings (SSSR count). The lowest BCUT2D eigenvalue weighted by Gasteiger charge is -2.31. The molecule has 2 N–H and O–H groups in total. The highest BCUT2D eigenvalue weighted by Crippen LogP contribution is 2.18. The Morgan fingerprint density at radius 1 is 1.41 bits per heavy atom. The predicted octanol–water partition coefficient (Wildman–Crippen LogP) is 1.39. The number of carbonyl (C=O) groups excluding carboxylic acids is 1. The van der Waals surface area contributed by atoms with E-state index in [1.165, 1.54) is 12.8 Å². The Hall–Kier alpha value is -0.610. The van der Waals surface area contributed by atoms with Crippen molar-refractivity contribution in [1.29, 1.82) is 0 Å². The Labute approximate surface area is 104 Å². The molecule has 1 fully saturated rings. The van der Waals surface area contributed by atoms with Gasteiger partial charge >= 0.3 is 5.97 Å². The molecule has 0 amide bonds. The highest BCUT2D eigenvalue weighted by Gasteiger charge is 2.26. The van der Waals surface area contributed by atoms with Crippen LogP contribution in [0.2, 0.25) is 0 Å². The van der Waals surface area contributed by atoms with Crippen LogP contribution in [0.3, 0.4) is 0 Å². The molecule has 1 aliphatic heterocycles. The van der Waals surface area contributed by atoms with Crippen LogP contribution in [0.1, 0.15) is 39.0 Å². The van der Waals surface area contributed by atoms with Gasteiger partial charge in [0.15, 0.2) is 0 Å². The molecule has 1 atom stereocenters. The summed E-state index contributed by atoms with van der Waals surface area (Å²) in [6.45, 7) is 6.23. The fourth-order valence-electron chi connectivity index (χ4n) is 2.37. The molecule has 1 saturated heterocycles. The zero-order valence-corrected chi connectivity index (χ0v) is 11.0. The van der Waals surface area contributed by atoms with Gasteiger partial charge in [-0.15, -0.1) is 0 Å². The number of rotatable bonds is 7. The van der Waals surface area contributed by atoms with Crippen molar-refractivity contribution in [2.24, 2.45) is 11.7 Å². The average Bonchev–Trinajstić information content (AvgIpc) is 2.35. The van der Waals surface area contributed by atoms with Gasteiger partial charge in [0, 0.05) is 6.54 Å². The fourth-order valence-corrected chi connectivity index (χ4v) is 2.37. The first-order valence-corrected chi connectivity index (χ1v) is 6.87. The highest BCUT2D eigenvalue weighted by atomic mass is 16.5. The van der Waals surface area contributed by atoms with Crippen LogP contribution in [-0.2, 0) is 9.53 Å². The van der Waals surface area contributed by atoms with Gasteiger partial charge in [0.25, 0.3) is 0 Å². The zero-order valence-electron chi connectivity index (χ0n) is 11.0. The smallest absolute Gasteiger partial charge is 0.310 e. The van der Waals surface area contributed by atoms with Crippen molar-refractivity contribution in [1.82, 2.24) is 4.90 Å². The van der Waals surface area contributed by atoms with Gasteiger partial charge in [-0.1, -0.05) is 6.42 Å². The molecule has 0 spiro atoms. The van der Waals surface area contributed by atoms with Crippen molar-refractivity contribution in [2.75, 3.05) is 32.8 Å². The van der Waals surface area contributed by atoms with Crippen LogP contribution in [0, 0.1) is 5.92 Å². The molecule has 100 valence electrons. The van der Waals surface area contributed by atoms with Gasteiger partial charge in [0.2, 0.25) is 0 Å². The Morgan fingerprint density at radius 3 is 2.94 bits per heavy atom. The largest absolute Gasteiger partial charge is 0.466 e. The van der Waals surface area contributed by atoms with Crippen LogP contribution in [-0.4, -0.2) is 43.7 Å². The SMILES string of the molecule is CCOC(=O)C1CCCN(CCCCCN)C1. The number of carbonyl (C=O) groups is 1. The molecule has 1 aliphatic rings. The lowest BCUT2D eigenvalue weighted by atomic mass is 9.98. The summed E-state index contributed by atoms with van der Waals surface area (Å²) >= 11 is 0. The molecule has 0 aromatic carbocycles. The van der Waals surface area contributed by atoms with E-state index in [9.17, 15) is 4.79 Å². The van der Waals surface area contributed by atoms with E-state index in [0.717, 1.165) is 45.4 Å². The van der Waals surface area contributed by atoms with Crippen LogP contribution >= 0.6 is 0 Å². The number of nitrogens with two attached hydrogens (primary N) is 1. The molecule has 4 heteroatoms. The minimum Gasteiger partial charge on any atom is -0.466 e. The van der Waals surface area contributed by atoms with Crippen molar-refractivity contribution in [3.63, 3.8) is 0 Å². The van der Waals surface area contributed by atoms with Gasteiger partial charge in [-0.05, 0) is 52.2 Å². The van der Waals surface area contributed by atoms with Crippen molar-refractivity contribution in [3.8, 4) is 0 Å². The van der Waals surface area contributed by atoms with Gasteiger partial charge in [0.05, 0.1) is 12.5 Å². The quantitative estimate of drug-likeness (QED) is 0.541. The lowest BCUT2D eigenvalue weighted by molar-refractivity contribution is -0.149. The third kappa shape index (κ3) is 5.50. The van der Waals surface area contributed by atoms with E-state index in [0.29, 0.717) is 6.61 Å². The average molecular weight is 242 g/mol. The number of ether oxygens (including phenoxy) is 1. The number of nitrogens with zero attached hydrogens (tertiary/aromatic N) is 1. The van der Waals surface area contributed by atoms with E-state index in [-0.39, 0.29) is 11.9 Å². The van der Waals surface area contributed by atoms with E-state index in [4.69, 9.17) is 10.5 Å². The molecule has 0 saturated carbocycles. The molecular weight excluding hydrogens is 216 g/mol. The normalized spacial score (nSPS) is 21.4. The van der Waals surface area contributed by atoms with E-state index >= 15 is 0 Å². The van der Waals surface area contributed by atoms with Gasteiger partial charge in [-0.2, -0.15) is 0 Å². The second-order valence-corrected chi connectivity index (χ2v) is 4.74. The molecular formula is C13H26N2O2. The Kier molecular flexibility index (Phi) is 7.21. The summed E-state index contributed by atoms with van der Waals surface area (Å²) in [5, 5.41) is 0. The van der Waals surface area contributed by atoms with Crippen molar-refractivity contribution in [2.45, 2.75) is 39.0 Å². The van der Waals surface area contributed by atoms with Gasteiger partial charge in [-0.25, -0.2) is 0 Å². The first kappa shape index (κ1) is 14.5. The third-order valence-electron chi connectivity index (χ3n) is 3.30. The molecule has 1 unspecified atom stereocenters. The van der Waals surface area contributed by atoms with E-state index in [2.05, 4.69) is 4.90 Å². The number of hydrogen-bond donors (Lipinski definition) is 1. The zero-order chi connectivity index (χ0) is 12.5. The topological polar surface area (TPSA) is 55.6 Å². The summed E-state index contributed by atoms with van der Waals surface area (Å²) in [5.41, 5.74) is 5.47. The maximum atomic E-state index is 11.7. The van der Waals surface area contributed by atoms with E-state index in [1.807, 2.05) is 6.92 Å². The van der Waals surface area contributed by atoms with Crippen molar-refractivity contribution < 1.29 is 9.53 Å². The van der Waals surface area contributed by atoms with E-state index < -0.39 is 0 Å². The van der Waals surface area contributed by atoms with Gasteiger partial charge < -0.3 is 15.4 Å². The summed E-state index contributed by atoms with van der Waals surface area (Å²) in [5.74, 6) is 0.0809. The summed E-state index contributed by atoms with van der Waals surface area (Å²) in [6, 6.07) is 0. The minimum absolute atomic E-state index is 0.0147. The predicted molar refractivity (Wildman–Crippen MR) is 68.7 cm³/mol. The van der Waals surface area contributed by atoms with Crippen LogP contribution in [0.15, 0.2) is 0 Å². The number of piperidine rings is 1. The number of hydrogen-bond acceptors (Lipinski definition) is 4. The first-order valence-electron chi connectivity index (χ1n) is 6.87.